The molecule has 2 aliphatic rings. The molecule has 2 saturated heterocycles. The lowest BCUT2D eigenvalue weighted by Gasteiger charge is -2.27. The van der Waals surface area contributed by atoms with Crippen LogP contribution in [0.25, 0.3) is 0 Å². The number of nitrogens with zero attached hydrogens (tertiary/aromatic N) is 1. The Hall–Kier alpha value is -0.900. The molecule has 4 nitrogen and oxygen atoms in total. The molecule has 0 aliphatic carbocycles. The van der Waals surface area contributed by atoms with E-state index in [-0.39, 0.29) is 23.8 Å². The van der Waals surface area contributed by atoms with Crippen LogP contribution < -0.4 is 0 Å². The number of amides is 1. The zero-order valence-corrected chi connectivity index (χ0v) is 10.6. The van der Waals surface area contributed by atoms with Gasteiger partial charge in [0.2, 0.25) is 0 Å². The minimum absolute atomic E-state index is 0.0961. The van der Waals surface area contributed by atoms with Gasteiger partial charge in [-0.3, -0.25) is 9.59 Å². The van der Waals surface area contributed by atoms with E-state index in [4.69, 9.17) is 4.74 Å². The normalized spacial score (nSPS) is 33.1. The SMILES string of the molecule is CC(=O)CC1CCCN1C(=O)C1OCCC1C. The lowest BCUT2D eigenvalue weighted by atomic mass is 10.0. The van der Waals surface area contributed by atoms with E-state index in [1.807, 2.05) is 4.90 Å². The first-order valence-electron chi connectivity index (χ1n) is 6.51. The molecule has 2 rings (SSSR count). The molecule has 0 aromatic carbocycles. The second-order valence-electron chi connectivity index (χ2n) is 5.29. The summed E-state index contributed by atoms with van der Waals surface area (Å²) >= 11 is 0. The molecule has 4 heteroatoms. The van der Waals surface area contributed by atoms with Crippen molar-refractivity contribution in [2.75, 3.05) is 13.2 Å². The molecule has 0 bridgehead atoms. The number of ether oxygens (including phenoxy) is 1. The van der Waals surface area contributed by atoms with Crippen LogP contribution >= 0.6 is 0 Å². The predicted octanol–water partition coefficient (Wildman–Crippen LogP) is 1.38. The highest BCUT2D eigenvalue weighted by molar-refractivity contribution is 5.83. The summed E-state index contributed by atoms with van der Waals surface area (Å²) in [6.07, 6.45) is 3.13. The summed E-state index contributed by atoms with van der Waals surface area (Å²) in [5.41, 5.74) is 0. The number of likely N-dealkylation sites (tertiary alicyclic amines) is 1. The first kappa shape index (κ1) is 12.6. The van der Waals surface area contributed by atoms with E-state index in [2.05, 4.69) is 6.92 Å². The van der Waals surface area contributed by atoms with Crippen molar-refractivity contribution in [2.24, 2.45) is 5.92 Å². The fraction of sp³-hybridized carbons (Fsp3) is 0.846. The number of carbonyl (C=O) groups is 2. The third kappa shape index (κ3) is 2.68. The van der Waals surface area contributed by atoms with Crippen LogP contribution in [-0.4, -0.2) is 41.9 Å². The van der Waals surface area contributed by atoms with Crippen LogP contribution in [0.3, 0.4) is 0 Å². The van der Waals surface area contributed by atoms with E-state index < -0.39 is 0 Å². The average molecular weight is 239 g/mol. The Bertz CT molecular complexity index is 316. The van der Waals surface area contributed by atoms with Crippen molar-refractivity contribution in [3.63, 3.8) is 0 Å². The summed E-state index contributed by atoms with van der Waals surface area (Å²) in [7, 11) is 0. The minimum Gasteiger partial charge on any atom is -0.368 e. The summed E-state index contributed by atoms with van der Waals surface area (Å²) in [4.78, 5) is 25.4. The molecule has 2 aliphatic heterocycles. The van der Waals surface area contributed by atoms with E-state index in [0.717, 1.165) is 25.8 Å². The lowest BCUT2D eigenvalue weighted by molar-refractivity contribution is -0.143. The first-order valence-corrected chi connectivity index (χ1v) is 6.51. The average Bonchev–Trinajstić information content (AvgIpc) is 2.85. The van der Waals surface area contributed by atoms with Gasteiger partial charge in [-0.05, 0) is 32.1 Å². The van der Waals surface area contributed by atoms with Crippen LogP contribution in [0.15, 0.2) is 0 Å². The standard InChI is InChI=1S/C13H21NO3/c1-9-5-7-17-12(9)13(16)14-6-3-4-11(14)8-10(2)15/h9,11-12H,3-8H2,1-2H3. The molecule has 0 radical (unpaired) electrons. The second-order valence-corrected chi connectivity index (χ2v) is 5.29. The van der Waals surface area contributed by atoms with E-state index in [9.17, 15) is 9.59 Å². The molecule has 2 heterocycles. The predicted molar refractivity (Wildman–Crippen MR) is 63.6 cm³/mol. The Balaban J connectivity index is 2.00. The van der Waals surface area contributed by atoms with Crippen molar-refractivity contribution in [1.82, 2.24) is 4.90 Å². The van der Waals surface area contributed by atoms with Crippen molar-refractivity contribution >= 4 is 11.7 Å². The van der Waals surface area contributed by atoms with E-state index >= 15 is 0 Å². The van der Waals surface area contributed by atoms with Gasteiger partial charge >= 0.3 is 0 Å². The van der Waals surface area contributed by atoms with Gasteiger partial charge in [0, 0.05) is 25.6 Å². The Morgan fingerprint density at radius 2 is 2.12 bits per heavy atom. The number of hydrogen-bond acceptors (Lipinski definition) is 3. The largest absolute Gasteiger partial charge is 0.368 e. The molecule has 0 saturated carbocycles. The third-order valence-corrected chi connectivity index (χ3v) is 3.81. The Morgan fingerprint density at radius 3 is 2.71 bits per heavy atom. The Kier molecular flexibility index (Phi) is 3.82. The molecule has 0 spiro atoms. The molecule has 2 fully saturated rings. The zero-order chi connectivity index (χ0) is 12.4. The highest BCUT2D eigenvalue weighted by Crippen LogP contribution is 2.27. The van der Waals surface area contributed by atoms with Crippen LogP contribution in [0.1, 0.15) is 39.5 Å². The van der Waals surface area contributed by atoms with Crippen molar-refractivity contribution in [2.45, 2.75) is 51.7 Å². The van der Waals surface area contributed by atoms with Gasteiger partial charge in [-0.15, -0.1) is 0 Å². The summed E-state index contributed by atoms with van der Waals surface area (Å²) < 4.78 is 5.52. The molecule has 96 valence electrons. The molecule has 1 amide bonds. The Morgan fingerprint density at radius 1 is 1.35 bits per heavy atom. The number of ketones is 1. The van der Waals surface area contributed by atoms with Crippen LogP contribution in [-0.2, 0) is 14.3 Å². The second kappa shape index (κ2) is 5.17. The van der Waals surface area contributed by atoms with Gasteiger partial charge in [-0.1, -0.05) is 6.92 Å². The number of Topliss-reactive ketones (excluding diaryl/α,β-unsaturated/α-hetero) is 1. The first-order chi connectivity index (χ1) is 8.09. The summed E-state index contributed by atoms with van der Waals surface area (Å²) in [6, 6.07) is 0.108. The maximum Gasteiger partial charge on any atom is 0.252 e. The van der Waals surface area contributed by atoms with Crippen LogP contribution in [0.2, 0.25) is 0 Å². The smallest absolute Gasteiger partial charge is 0.252 e. The molecule has 3 atom stereocenters. The van der Waals surface area contributed by atoms with Gasteiger partial charge in [0.15, 0.2) is 0 Å². The number of hydrogen-bond donors (Lipinski definition) is 0. The maximum atomic E-state index is 12.3. The Labute approximate surface area is 102 Å². The van der Waals surface area contributed by atoms with Gasteiger partial charge in [0.25, 0.3) is 5.91 Å². The highest BCUT2D eigenvalue weighted by Gasteiger charge is 2.38. The zero-order valence-electron chi connectivity index (χ0n) is 10.6. The molecular weight excluding hydrogens is 218 g/mol. The molecular formula is C13H21NO3. The van der Waals surface area contributed by atoms with Gasteiger partial charge in [0.1, 0.15) is 11.9 Å². The van der Waals surface area contributed by atoms with E-state index in [1.165, 1.54) is 0 Å². The fourth-order valence-electron chi connectivity index (χ4n) is 2.84. The van der Waals surface area contributed by atoms with Crippen molar-refractivity contribution in [1.29, 1.82) is 0 Å². The summed E-state index contributed by atoms with van der Waals surface area (Å²) in [5.74, 6) is 0.565. The van der Waals surface area contributed by atoms with Crippen LogP contribution in [0.4, 0.5) is 0 Å². The number of rotatable bonds is 3. The fourth-order valence-corrected chi connectivity index (χ4v) is 2.84. The lowest BCUT2D eigenvalue weighted by Crippen LogP contribution is -2.44. The monoisotopic (exact) mass is 239 g/mol. The van der Waals surface area contributed by atoms with Gasteiger partial charge < -0.3 is 9.64 Å². The molecule has 0 N–H and O–H groups in total. The van der Waals surface area contributed by atoms with Crippen molar-refractivity contribution < 1.29 is 14.3 Å². The summed E-state index contributed by atoms with van der Waals surface area (Å²) in [6.45, 7) is 5.12. The molecule has 0 aromatic rings. The molecule has 0 aromatic heterocycles. The maximum absolute atomic E-state index is 12.3. The minimum atomic E-state index is -0.275. The molecule has 17 heavy (non-hydrogen) atoms. The molecule has 3 unspecified atom stereocenters. The van der Waals surface area contributed by atoms with Gasteiger partial charge in [0.05, 0.1) is 0 Å². The highest BCUT2D eigenvalue weighted by atomic mass is 16.5. The van der Waals surface area contributed by atoms with E-state index in [0.29, 0.717) is 18.9 Å². The third-order valence-electron chi connectivity index (χ3n) is 3.81. The summed E-state index contributed by atoms with van der Waals surface area (Å²) in [5, 5.41) is 0. The van der Waals surface area contributed by atoms with Crippen LogP contribution in [0.5, 0.6) is 0 Å². The topological polar surface area (TPSA) is 46.6 Å². The van der Waals surface area contributed by atoms with E-state index in [1.54, 1.807) is 6.92 Å². The van der Waals surface area contributed by atoms with Crippen LogP contribution in [0, 0.1) is 5.92 Å². The van der Waals surface area contributed by atoms with Crippen molar-refractivity contribution in [3.05, 3.63) is 0 Å². The van der Waals surface area contributed by atoms with Gasteiger partial charge in [-0.25, -0.2) is 0 Å². The quantitative estimate of drug-likeness (QED) is 0.747. The number of carbonyl (C=O) groups excluding carboxylic acids is 2. The van der Waals surface area contributed by atoms with Gasteiger partial charge in [-0.2, -0.15) is 0 Å². The van der Waals surface area contributed by atoms with Crippen molar-refractivity contribution in [3.8, 4) is 0 Å².